The van der Waals surface area contributed by atoms with Crippen molar-refractivity contribution in [3.63, 3.8) is 0 Å². The van der Waals surface area contributed by atoms with Gasteiger partial charge >= 0.3 is 0 Å². The summed E-state index contributed by atoms with van der Waals surface area (Å²) in [5.74, 6) is 1.70. The summed E-state index contributed by atoms with van der Waals surface area (Å²) in [5.41, 5.74) is 1.29. The Morgan fingerprint density at radius 2 is 1.69 bits per heavy atom. The van der Waals surface area contributed by atoms with E-state index in [0.29, 0.717) is 11.8 Å². The van der Waals surface area contributed by atoms with Crippen LogP contribution < -0.4 is 0 Å². The number of hydrogen-bond donors (Lipinski definition) is 1. The van der Waals surface area contributed by atoms with Gasteiger partial charge in [-0.15, -0.1) is 0 Å². The number of ether oxygens (including phenoxy) is 4. The average molecular weight is 447 g/mol. The summed E-state index contributed by atoms with van der Waals surface area (Å²) in [6.07, 6.45) is 13.8. The molecule has 0 aromatic rings. The minimum absolute atomic E-state index is 0.0120. The highest BCUT2D eigenvalue weighted by atomic mass is 16.7. The van der Waals surface area contributed by atoms with Gasteiger partial charge in [0, 0.05) is 19.3 Å². The lowest BCUT2D eigenvalue weighted by Gasteiger charge is -2.59. The van der Waals surface area contributed by atoms with Gasteiger partial charge in [-0.1, -0.05) is 25.5 Å². The fourth-order valence-electron chi connectivity index (χ4n) is 8.93. The second-order valence-corrected chi connectivity index (χ2v) is 12.1. The summed E-state index contributed by atoms with van der Waals surface area (Å²) in [4.78, 5) is 0. The molecule has 1 N–H and O–H groups in total. The molecule has 3 saturated carbocycles. The van der Waals surface area contributed by atoms with Crippen molar-refractivity contribution in [2.45, 2.75) is 102 Å². The van der Waals surface area contributed by atoms with Crippen LogP contribution in [0, 0.1) is 28.6 Å². The van der Waals surface area contributed by atoms with Crippen LogP contribution in [0.25, 0.3) is 0 Å². The van der Waals surface area contributed by atoms with Crippen LogP contribution in [0.5, 0.6) is 0 Å². The molecule has 32 heavy (non-hydrogen) atoms. The topological polar surface area (TPSA) is 57.2 Å². The van der Waals surface area contributed by atoms with E-state index in [1.54, 1.807) is 5.57 Å². The van der Waals surface area contributed by atoms with Crippen LogP contribution in [0.2, 0.25) is 0 Å². The summed E-state index contributed by atoms with van der Waals surface area (Å²) in [7, 11) is 0. The Morgan fingerprint density at radius 1 is 0.938 bits per heavy atom. The van der Waals surface area contributed by atoms with Gasteiger partial charge in [0.25, 0.3) is 0 Å². The summed E-state index contributed by atoms with van der Waals surface area (Å²) < 4.78 is 23.7. The van der Waals surface area contributed by atoms with Crippen molar-refractivity contribution in [1.82, 2.24) is 0 Å². The standard InChI is InChI=1S/C27H42O5/c1-24-12-13-27(31-16-17-32-27)18-19(24)4-5-20-21(24)6-9-25(2)22(20)7-10-26(25,28)11-8-23-29-14-3-15-30-23/h4,20-23,28H,3,5-18H2,1-2H3/t20-,21+,22+,24+,25+,26-/m1/s1. The van der Waals surface area contributed by atoms with E-state index < -0.39 is 5.60 Å². The minimum atomic E-state index is -0.583. The Hall–Kier alpha value is -0.460. The number of aliphatic hydroxyl groups is 1. The zero-order valence-electron chi connectivity index (χ0n) is 20.1. The van der Waals surface area contributed by atoms with Crippen LogP contribution in [0.3, 0.4) is 0 Å². The van der Waals surface area contributed by atoms with Gasteiger partial charge < -0.3 is 24.1 Å². The molecule has 180 valence electrons. The van der Waals surface area contributed by atoms with E-state index in [1.807, 2.05) is 0 Å². The SMILES string of the molecule is C[C@]12CCC3(CC1=CC[C@@H]1[C@@H]2CC[C@@]2(C)[C@H]1CC[C@@]2(O)CCC1OCCCO1)OCCO3. The Balaban J connectivity index is 1.20. The first-order valence-corrected chi connectivity index (χ1v) is 13.3. The van der Waals surface area contributed by atoms with Crippen molar-refractivity contribution in [1.29, 1.82) is 0 Å². The number of hydrogen-bond acceptors (Lipinski definition) is 5. The van der Waals surface area contributed by atoms with E-state index in [1.165, 1.54) is 12.8 Å². The van der Waals surface area contributed by atoms with Crippen LogP contribution in [-0.2, 0) is 18.9 Å². The van der Waals surface area contributed by atoms with E-state index in [-0.39, 0.29) is 22.9 Å². The van der Waals surface area contributed by atoms with Gasteiger partial charge in [0.1, 0.15) is 0 Å². The molecule has 5 heteroatoms. The smallest absolute Gasteiger partial charge is 0.172 e. The highest BCUT2D eigenvalue weighted by Gasteiger charge is 2.64. The summed E-state index contributed by atoms with van der Waals surface area (Å²) in [6, 6.07) is 0. The molecule has 6 rings (SSSR count). The molecule has 6 aliphatic rings. The fourth-order valence-corrected chi connectivity index (χ4v) is 8.93. The maximum atomic E-state index is 11.9. The first-order chi connectivity index (χ1) is 15.4. The van der Waals surface area contributed by atoms with Gasteiger partial charge in [0.05, 0.1) is 32.0 Å². The van der Waals surface area contributed by atoms with Gasteiger partial charge in [-0.2, -0.15) is 0 Å². The zero-order chi connectivity index (χ0) is 22.0. The van der Waals surface area contributed by atoms with Crippen molar-refractivity contribution in [2.24, 2.45) is 28.6 Å². The van der Waals surface area contributed by atoms with E-state index in [9.17, 15) is 5.11 Å². The Bertz CT molecular complexity index is 753. The average Bonchev–Trinajstić information content (AvgIpc) is 3.36. The van der Waals surface area contributed by atoms with Gasteiger partial charge in [-0.3, -0.25) is 0 Å². The van der Waals surface area contributed by atoms with Crippen LogP contribution >= 0.6 is 0 Å². The van der Waals surface area contributed by atoms with Crippen molar-refractivity contribution < 1.29 is 24.1 Å². The molecule has 1 spiro atoms. The molecule has 0 amide bonds. The molecular weight excluding hydrogens is 404 g/mol. The third-order valence-electron chi connectivity index (χ3n) is 10.9. The second kappa shape index (κ2) is 7.78. The lowest BCUT2D eigenvalue weighted by atomic mass is 9.46. The summed E-state index contributed by atoms with van der Waals surface area (Å²) in [5, 5.41) is 11.9. The number of rotatable bonds is 3. The summed E-state index contributed by atoms with van der Waals surface area (Å²) >= 11 is 0. The van der Waals surface area contributed by atoms with Gasteiger partial charge in [0.2, 0.25) is 0 Å². The normalized spacial score (nSPS) is 48.2. The Labute approximate surface area is 193 Å². The highest BCUT2D eigenvalue weighted by molar-refractivity contribution is 5.27. The van der Waals surface area contributed by atoms with E-state index in [2.05, 4.69) is 19.9 Å². The molecule has 6 atom stereocenters. The van der Waals surface area contributed by atoms with Crippen molar-refractivity contribution in [3.8, 4) is 0 Å². The van der Waals surface area contributed by atoms with Crippen molar-refractivity contribution in [2.75, 3.05) is 26.4 Å². The predicted octanol–water partition coefficient (Wildman–Crippen LogP) is 4.97. The van der Waals surface area contributed by atoms with E-state index >= 15 is 0 Å². The predicted molar refractivity (Wildman–Crippen MR) is 121 cm³/mol. The molecular formula is C27H42O5. The zero-order valence-corrected chi connectivity index (χ0v) is 20.1. The maximum Gasteiger partial charge on any atom is 0.172 e. The lowest BCUT2D eigenvalue weighted by Crippen LogP contribution is -2.55. The van der Waals surface area contributed by atoms with Gasteiger partial charge in [-0.25, -0.2) is 0 Å². The fraction of sp³-hybridized carbons (Fsp3) is 0.926. The van der Waals surface area contributed by atoms with Gasteiger partial charge in [0.15, 0.2) is 12.1 Å². The molecule has 2 heterocycles. The van der Waals surface area contributed by atoms with Gasteiger partial charge in [-0.05, 0) is 80.0 Å². The Kier molecular flexibility index (Phi) is 5.35. The first kappa shape index (κ1) is 22.0. The number of fused-ring (bicyclic) bond motifs is 5. The monoisotopic (exact) mass is 446 g/mol. The highest BCUT2D eigenvalue weighted by Crippen LogP contribution is 2.68. The molecule has 4 aliphatic carbocycles. The first-order valence-electron chi connectivity index (χ1n) is 13.3. The molecule has 0 aromatic heterocycles. The quantitative estimate of drug-likeness (QED) is 0.621. The van der Waals surface area contributed by atoms with Crippen molar-refractivity contribution >= 4 is 0 Å². The van der Waals surface area contributed by atoms with Crippen LogP contribution in [0.4, 0.5) is 0 Å². The molecule has 2 aliphatic heterocycles. The molecule has 0 aromatic carbocycles. The maximum absolute atomic E-state index is 11.9. The lowest BCUT2D eigenvalue weighted by molar-refractivity contribution is -0.197. The van der Waals surface area contributed by atoms with Crippen LogP contribution in [0.1, 0.15) is 84.5 Å². The van der Waals surface area contributed by atoms with Crippen LogP contribution in [-0.4, -0.2) is 49.2 Å². The Morgan fingerprint density at radius 3 is 2.47 bits per heavy atom. The molecule has 2 saturated heterocycles. The molecule has 0 radical (unpaired) electrons. The molecule has 5 fully saturated rings. The van der Waals surface area contributed by atoms with E-state index in [0.717, 1.165) is 90.1 Å². The molecule has 0 unspecified atom stereocenters. The summed E-state index contributed by atoms with van der Waals surface area (Å²) in [6.45, 7) is 7.99. The molecule has 5 nitrogen and oxygen atoms in total. The van der Waals surface area contributed by atoms with E-state index in [4.69, 9.17) is 18.9 Å². The largest absolute Gasteiger partial charge is 0.389 e. The minimum Gasteiger partial charge on any atom is -0.389 e. The third-order valence-corrected chi connectivity index (χ3v) is 10.9. The van der Waals surface area contributed by atoms with Crippen LogP contribution in [0.15, 0.2) is 11.6 Å². The second-order valence-electron chi connectivity index (χ2n) is 12.1. The molecule has 0 bridgehead atoms. The third kappa shape index (κ3) is 3.21. The number of allylic oxidation sites excluding steroid dienone is 1. The van der Waals surface area contributed by atoms with Crippen molar-refractivity contribution in [3.05, 3.63) is 11.6 Å².